The highest BCUT2D eigenvalue weighted by Gasteiger charge is 2.76. The lowest BCUT2D eigenvalue weighted by Crippen LogP contribution is -2.60. The molecule has 0 unspecified atom stereocenters. The molecule has 7 nitrogen and oxygen atoms in total. The molecule has 0 bridgehead atoms. The second kappa shape index (κ2) is 7.25. The van der Waals surface area contributed by atoms with Gasteiger partial charge in [0, 0.05) is 17.8 Å². The average Bonchev–Trinajstić information content (AvgIpc) is 3.48. The van der Waals surface area contributed by atoms with Crippen LogP contribution in [0.1, 0.15) is 25.7 Å². The van der Waals surface area contributed by atoms with Crippen molar-refractivity contribution in [2.24, 2.45) is 11.0 Å². The number of carbonyl (C=O) groups excluding carboxylic acids is 2. The molecule has 3 aromatic carbocycles. The summed E-state index contributed by atoms with van der Waals surface area (Å²) in [5, 5.41) is 5.22. The van der Waals surface area contributed by atoms with Crippen LogP contribution in [-0.2, 0) is 9.59 Å². The smallest absolute Gasteiger partial charge is 0.257 e. The summed E-state index contributed by atoms with van der Waals surface area (Å²) in [6.45, 7) is 0. The summed E-state index contributed by atoms with van der Waals surface area (Å²) in [4.78, 5) is 33.5. The minimum Gasteiger partial charge on any atom is -0.347 e. The van der Waals surface area contributed by atoms with Gasteiger partial charge in [-0.25, -0.2) is 10.0 Å². The van der Waals surface area contributed by atoms with Crippen LogP contribution >= 0.6 is 0 Å². The monoisotopic (exact) mass is 463 g/mol. The molecule has 4 aliphatic rings. The van der Waals surface area contributed by atoms with Crippen LogP contribution in [0.2, 0.25) is 0 Å². The summed E-state index contributed by atoms with van der Waals surface area (Å²) in [6.07, 6.45) is 3.37. The molecule has 7 rings (SSSR count). The molecule has 0 spiro atoms. The first kappa shape index (κ1) is 20.4. The van der Waals surface area contributed by atoms with Crippen LogP contribution in [0.4, 0.5) is 17.1 Å². The molecule has 35 heavy (non-hydrogen) atoms. The molecule has 3 heterocycles. The SMILES string of the molecule is O=C1[C@@H]2[C@H](C(=O)N1c1ccccc1)N(c1ccccc1)[C@@]13CCCC[C@@]21N=[N+](c1ccccc1)[N-]3. The van der Waals surface area contributed by atoms with Gasteiger partial charge in [0.1, 0.15) is 11.7 Å². The van der Waals surface area contributed by atoms with E-state index in [1.54, 1.807) is 4.81 Å². The van der Waals surface area contributed by atoms with Gasteiger partial charge in [-0.2, -0.15) is 5.43 Å². The zero-order valence-electron chi connectivity index (χ0n) is 19.2. The third-order valence-corrected chi connectivity index (χ3v) is 8.06. The van der Waals surface area contributed by atoms with E-state index in [-0.39, 0.29) is 11.8 Å². The number of anilines is 2. The second-order valence-corrected chi connectivity index (χ2v) is 9.75. The topological polar surface area (TPSA) is 70.1 Å². The first-order chi connectivity index (χ1) is 17.2. The third-order valence-electron chi connectivity index (χ3n) is 8.06. The molecule has 2 saturated heterocycles. The molecule has 0 N–H and O–H groups in total. The predicted molar refractivity (Wildman–Crippen MR) is 131 cm³/mol. The van der Waals surface area contributed by atoms with Crippen molar-refractivity contribution in [1.82, 2.24) is 0 Å². The molecule has 0 radical (unpaired) electrons. The van der Waals surface area contributed by atoms with E-state index in [9.17, 15) is 9.59 Å². The first-order valence-electron chi connectivity index (χ1n) is 12.2. The lowest BCUT2D eigenvalue weighted by molar-refractivity contribution is -0.457. The predicted octanol–water partition coefficient (Wildman–Crippen LogP) is 5.17. The van der Waals surface area contributed by atoms with Crippen molar-refractivity contribution in [3.8, 4) is 0 Å². The van der Waals surface area contributed by atoms with E-state index in [2.05, 4.69) is 4.90 Å². The van der Waals surface area contributed by atoms with Gasteiger partial charge in [-0.3, -0.25) is 9.59 Å². The summed E-state index contributed by atoms with van der Waals surface area (Å²) < 4.78 is 0. The zero-order valence-corrected chi connectivity index (χ0v) is 19.2. The molecule has 1 saturated carbocycles. The molecule has 2 amide bonds. The minimum absolute atomic E-state index is 0.176. The van der Waals surface area contributed by atoms with Crippen LogP contribution in [-0.4, -0.2) is 33.9 Å². The highest BCUT2D eigenvalue weighted by molar-refractivity contribution is 6.26. The zero-order chi connectivity index (χ0) is 23.6. The van der Waals surface area contributed by atoms with Crippen molar-refractivity contribution >= 4 is 28.9 Å². The number of fused-ring (bicyclic) bond motifs is 1. The lowest BCUT2D eigenvalue weighted by atomic mass is 9.68. The standard InChI is InChI=1S/C28H25N5O2/c34-25-23-24(26(35)31(25)20-12-4-1-5-13-20)32(21-14-6-2-7-15-21)28-19-11-10-18-27(23,28)29-33(30-28)22-16-8-3-9-17-22/h1-9,12-17,23-24H,10-11,18-19H2/t23-,24+,27+,28-/m0/s1. The van der Waals surface area contributed by atoms with Gasteiger partial charge < -0.3 is 4.90 Å². The van der Waals surface area contributed by atoms with Crippen molar-refractivity contribution in [2.75, 3.05) is 9.80 Å². The van der Waals surface area contributed by atoms with Gasteiger partial charge in [-0.1, -0.05) is 67.4 Å². The van der Waals surface area contributed by atoms with Gasteiger partial charge in [0.25, 0.3) is 5.91 Å². The van der Waals surface area contributed by atoms with Crippen LogP contribution in [0.25, 0.3) is 5.43 Å². The van der Waals surface area contributed by atoms with Crippen molar-refractivity contribution in [3.05, 3.63) is 96.4 Å². The maximum absolute atomic E-state index is 14.2. The van der Waals surface area contributed by atoms with Crippen LogP contribution in [0.3, 0.4) is 0 Å². The van der Waals surface area contributed by atoms with Gasteiger partial charge in [-0.15, -0.1) is 4.81 Å². The summed E-state index contributed by atoms with van der Waals surface area (Å²) in [6, 6.07) is 28.4. The van der Waals surface area contributed by atoms with E-state index in [0.29, 0.717) is 12.1 Å². The third kappa shape index (κ3) is 2.55. The van der Waals surface area contributed by atoms with E-state index in [0.717, 1.165) is 30.6 Å². The van der Waals surface area contributed by atoms with Crippen LogP contribution in [0.15, 0.2) is 96.1 Å². The molecule has 174 valence electrons. The van der Waals surface area contributed by atoms with Gasteiger partial charge in [0.2, 0.25) is 11.6 Å². The quantitative estimate of drug-likeness (QED) is 0.397. The van der Waals surface area contributed by atoms with Crippen LogP contribution in [0, 0.1) is 5.92 Å². The number of nitrogens with zero attached hydrogens (tertiary/aromatic N) is 5. The Morgan fingerprint density at radius 2 is 1.37 bits per heavy atom. The number of azo groups is 1. The Labute approximate surface area is 203 Å². The number of imide groups is 1. The molecule has 3 aromatic rings. The van der Waals surface area contributed by atoms with E-state index in [1.165, 1.54) is 4.90 Å². The van der Waals surface area contributed by atoms with Gasteiger partial charge in [0.05, 0.1) is 17.1 Å². The summed E-state index contributed by atoms with van der Waals surface area (Å²) >= 11 is 0. The molecular weight excluding hydrogens is 438 g/mol. The van der Waals surface area contributed by atoms with Gasteiger partial charge in [-0.05, 0) is 37.1 Å². The molecule has 3 fully saturated rings. The van der Waals surface area contributed by atoms with Gasteiger partial charge >= 0.3 is 0 Å². The first-order valence-corrected chi connectivity index (χ1v) is 12.2. The maximum atomic E-state index is 14.2. The molecule has 1 aliphatic carbocycles. The Kier molecular flexibility index (Phi) is 4.22. The van der Waals surface area contributed by atoms with Crippen molar-refractivity contribution in [2.45, 2.75) is 42.9 Å². The van der Waals surface area contributed by atoms with E-state index < -0.39 is 23.2 Å². The van der Waals surface area contributed by atoms with E-state index >= 15 is 0 Å². The largest absolute Gasteiger partial charge is 0.347 e. The fourth-order valence-electron chi connectivity index (χ4n) is 6.73. The number of amides is 2. The van der Waals surface area contributed by atoms with Crippen molar-refractivity contribution in [1.29, 1.82) is 0 Å². The summed E-state index contributed by atoms with van der Waals surface area (Å²) in [7, 11) is 0. The maximum Gasteiger partial charge on any atom is 0.257 e. The molecule has 0 aromatic heterocycles. The number of benzene rings is 3. The van der Waals surface area contributed by atoms with E-state index in [4.69, 9.17) is 10.5 Å². The van der Waals surface area contributed by atoms with Crippen molar-refractivity contribution in [3.63, 3.8) is 0 Å². The number of carbonyl (C=O) groups is 2. The Morgan fingerprint density at radius 3 is 2.06 bits per heavy atom. The Bertz CT molecular complexity index is 1350. The molecule has 4 atom stereocenters. The van der Waals surface area contributed by atoms with E-state index in [1.807, 2.05) is 91.0 Å². The minimum atomic E-state index is -0.808. The van der Waals surface area contributed by atoms with Crippen LogP contribution < -0.4 is 9.80 Å². The summed E-state index contributed by atoms with van der Waals surface area (Å²) in [5.74, 6) is -0.972. The van der Waals surface area contributed by atoms with Crippen molar-refractivity contribution < 1.29 is 14.4 Å². The number of rotatable bonds is 3. The van der Waals surface area contributed by atoms with Crippen LogP contribution in [0.5, 0.6) is 0 Å². The molecule has 7 heteroatoms. The molecule has 3 aliphatic heterocycles. The lowest BCUT2D eigenvalue weighted by Gasteiger charge is -2.50. The molecular formula is C28H25N5O2. The normalized spacial score (nSPS) is 31.0. The van der Waals surface area contributed by atoms with Gasteiger partial charge in [0.15, 0.2) is 0 Å². The average molecular weight is 464 g/mol. The number of para-hydroxylation sites is 3. The highest BCUT2D eigenvalue weighted by atomic mass is 16.2. The fraction of sp³-hybridized carbons (Fsp3) is 0.286. The Morgan fingerprint density at radius 1 is 0.771 bits per heavy atom. The second-order valence-electron chi connectivity index (χ2n) is 9.75. The summed E-state index contributed by atoms with van der Waals surface area (Å²) in [5.41, 5.74) is 6.02. The number of hydrogen-bond acceptors (Lipinski definition) is 4. The Hall–Kier alpha value is -4.00. The number of hydrogen-bond donors (Lipinski definition) is 0. The Balaban J connectivity index is 1.46. The fourth-order valence-corrected chi connectivity index (χ4v) is 6.73. The highest BCUT2D eigenvalue weighted by Crippen LogP contribution is 2.65.